The van der Waals surface area contributed by atoms with Gasteiger partial charge in [0, 0.05) is 17.0 Å². The van der Waals surface area contributed by atoms with Crippen molar-refractivity contribution in [3.8, 4) is 0 Å². The van der Waals surface area contributed by atoms with Crippen LogP contribution in [0.4, 0.5) is 0 Å². The highest BCUT2D eigenvalue weighted by Crippen LogP contribution is 2.28. The van der Waals surface area contributed by atoms with Crippen LogP contribution in [0.25, 0.3) is 11.0 Å². The highest BCUT2D eigenvalue weighted by molar-refractivity contribution is 5.89. The highest BCUT2D eigenvalue weighted by atomic mass is 16.5. The van der Waals surface area contributed by atoms with Crippen molar-refractivity contribution in [1.82, 2.24) is 0 Å². The Balaban J connectivity index is 1.60. The molecule has 0 saturated heterocycles. The van der Waals surface area contributed by atoms with Crippen LogP contribution in [0.3, 0.4) is 0 Å². The standard InChI is InChI=1S/C21H18O5/c22-11-13-4-6-14(7-5-13)21(24)25-12-17-10-20(23)26-19-9-16-3-1-2-15(16)8-18(17)19/h4-10,22H,1-3,11-12H2. The molecular weight excluding hydrogens is 332 g/mol. The fraction of sp³-hybridized carbons (Fsp3) is 0.238. The van der Waals surface area contributed by atoms with Crippen LogP contribution < -0.4 is 5.63 Å². The van der Waals surface area contributed by atoms with Gasteiger partial charge in [-0.05, 0) is 60.2 Å². The number of aryl methyl sites for hydroxylation is 2. The normalized spacial score (nSPS) is 13.0. The lowest BCUT2D eigenvalue weighted by Crippen LogP contribution is -2.08. The van der Waals surface area contributed by atoms with Gasteiger partial charge in [-0.3, -0.25) is 0 Å². The Labute approximate surface area is 149 Å². The van der Waals surface area contributed by atoms with Crippen LogP contribution >= 0.6 is 0 Å². The van der Waals surface area contributed by atoms with Crippen molar-refractivity contribution in [3.05, 3.63) is 80.7 Å². The third-order valence-corrected chi connectivity index (χ3v) is 4.77. The van der Waals surface area contributed by atoms with Crippen molar-refractivity contribution in [2.45, 2.75) is 32.5 Å². The first kappa shape index (κ1) is 16.5. The van der Waals surface area contributed by atoms with E-state index in [4.69, 9.17) is 14.3 Å². The van der Waals surface area contributed by atoms with Gasteiger partial charge in [-0.2, -0.15) is 0 Å². The van der Waals surface area contributed by atoms with Crippen molar-refractivity contribution in [2.75, 3.05) is 0 Å². The molecule has 0 aliphatic heterocycles. The lowest BCUT2D eigenvalue weighted by Gasteiger charge is -2.09. The van der Waals surface area contributed by atoms with Crippen LogP contribution in [-0.4, -0.2) is 11.1 Å². The van der Waals surface area contributed by atoms with Crippen LogP contribution in [0.1, 0.15) is 39.0 Å². The second-order valence-corrected chi connectivity index (χ2v) is 6.49. The zero-order chi connectivity index (χ0) is 18.1. The maximum absolute atomic E-state index is 12.2. The molecule has 1 heterocycles. The number of hydrogen-bond acceptors (Lipinski definition) is 5. The predicted octanol–water partition coefficient (Wildman–Crippen LogP) is 3.13. The van der Waals surface area contributed by atoms with Crippen LogP contribution in [0.5, 0.6) is 0 Å². The molecule has 0 bridgehead atoms. The van der Waals surface area contributed by atoms with Gasteiger partial charge in [0.2, 0.25) is 0 Å². The Morgan fingerprint density at radius 3 is 2.54 bits per heavy atom. The molecule has 1 N–H and O–H groups in total. The first-order chi connectivity index (χ1) is 12.6. The predicted molar refractivity (Wildman–Crippen MR) is 96.0 cm³/mol. The average molecular weight is 350 g/mol. The lowest BCUT2D eigenvalue weighted by atomic mass is 10.0. The van der Waals surface area contributed by atoms with Gasteiger partial charge in [-0.15, -0.1) is 0 Å². The van der Waals surface area contributed by atoms with E-state index in [0.29, 0.717) is 16.7 Å². The molecule has 5 nitrogen and oxygen atoms in total. The van der Waals surface area contributed by atoms with E-state index in [1.54, 1.807) is 24.3 Å². The van der Waals surface area contributed by atoms with E-state index in [2.05, 4.69) is 0 Å². The number of carbonyl (C=O) groups is 1. The maximum Gasteiger partial charge on any atom is 0.338 e. The van der Waals surface area contributed by atoms with E-state index in [-0.39, 0.29) is 13.2 Å². The van der Waals surface area contributed by atoms with E-state index in [9.17, 15) is 9.59 Å². The number of fused-ring (bicyclic) bond motifs is 2. The SMILES string of the molecule is O=C(OCc1cc(=O)oc2cc3c(cc12)CCC3)c1ccc(CO)cc1. The van der Waals surface area contributed by atoms with Gasteiger partial charge in [-0.1, -0.05) is 12.1 Å². The van der Waals surface area contributed by atoms with E-state index in [0.717, 1.165) is 30.2 Å². The van der Waals surface area contributed by atoms with Crippen molar-refractivity contribution >= 4 is 16.9 Å². The summed E-state index contributed by atoms with van der Waals surface area (Å²) in [5.74, 6) is -0.475. The summed E-state index contributed by atoms with van der Waals surface area (Å²) >= 11 is 0. The molecule has 0 radical (unpaired) electrons. The van der Waals surface area contributed by atoms with Gasteiger partial charge in [0.25, 0.3) is 0 Å². The third-order valence-electron chi connectivity index (χ3n) is 4.77. The topological polar surface area (TPSA) is 76.7 Å². The molecule has 3 aromatic rings. The zero-order valence-electron chi connectivity index (χ0n) is 14.2. The molecule has 2 aromatic carbocycles. The Kier molecular flexibility index (Phi) is 4.31. The van der Waals surface area contributed by atoms with E-state index < -0.39 is 11.6 Å². The summed E-state index contributed by atoms with van der Waals surface area (Å²) < 4.78 is 10.7. The van der Waals surface area contributed by atoms with Crippen LogP contribution in [0, 0.1) is 0 Å². The van der Waals surface area contributed by atoms with Crippen LogP contribution in [0.15, 0.2) is 51.7 Å². The number of aliphatic hydroxyl groups excluding tert-OH is 1. The average Bonchev–Trinajstić information content (AvgIpc) is 3.11. The van der Waals surface area contributed by atoms with E-state index >= 15 is 0 Å². The molecule has 0 unspecified atom stereocenters. The number of carbonyl (C=O) groups excluding carboxylic acids is 1. The molecule has 0 saturated carbocycles. The van der Waals surface area contributed by atoms with Gasteiger partial charge in [0.1, 0.15) is 12.2 Å². The monoisotopic (exact) mass is 350 g/mol. The largest absolute Gasteiger partial charge is 0.457 e. The first-order valence-electron chi connectivity index (χ1n) is 8.59. The molecule has 1 aliphatic rings. The number of rotatable bonds is 4. The smallest absolute Gasteiger partial charge is 0.338 e. The van der Waals surface area contributed by atoms with E-state index in [1.165, 1.54) is 17.2 Å². The van der Waals surface area contributed by atoms with Crippen LogP contribution in [-0.2, 0) is 30.8 Å². The summed E-state index contributed by atoms with van der Waals surface area (Å²) in [7, 11) is 0. The molecule has 1 aliphatic carbocycles. The molecule has 0 atom stereocenters. The summed E-state index contributed by atoms with van der Waals surface area (Å²) in [6.45, 7) is -0.0765. The molecule has 1 aromatic heterocycles. The van der Waals surface area contributed by atoms with Gasteiger partial charge in [0.15, 0.2) is 0 Å². The fourth-order valence-corrected chi connectivity index (χ4v) is 3.39. The fourth-order valence-electron chi connectivity index (χ4n) is 3.39. The Morgan fingerprint density at radius 1 is 1.08 bits per heavy atom. The van der Waals surface area contributed by atoms with E-state index in [1.807, 2.05) is 12.1 Å². The number of aliphatic hydroxyl groups is 1. The summed E-state index contributed by atoms with van der Waals surface area (Å²) in [6, 6.07) is 11.9. The number of esters is 1. The maximum atomic E-state index is 12.2. The molecular formula is C21H18O5. The molecule has 0 fully saturated rings. The van der Waals surface area contributed by atoms with Gasteiger partial charge >= 0.3 is 11.6 Å². The number of benzene rings is 2. The number of ether oxygens (including phenoxy) is 1. The first-order valence-corrected chi connectivity index (χ1v) is 8.59. The summed E-state index contributed by atoms with van der Waals surface area (Å²) in [5, 5.41) is 9.87. The second kappa shape index (κ2) is 6.77. The van der Waals surface area contributed by atoms with Crippen molar-refractivity contribution < 1.29 is 19.1 Å². The van der Waals surface area contributed by atoms with Gasteiger partial charge in [-0.25, -0.2) is 9.59 Å². The minimum Gasteiger partial charge on any atom is -0.457 e. The minimum atomic E-state index is -0.475. The van der Waals surface area contributed by atoms with Crippen molar-refractivity contribution in [1.29, 1.82) is 0 Å². The minimum absolute atomic E-state index is 0.00146. The second-order valence-electron chi connectivity index (χ2n) is 6.49. The third kappa shape index (κ3) is 3.13. The molecule has 5 heteroatoms. The Hall–Kier alpha value is -2.92. The Morgan fingerprint density at radius 2 is 1.81 bits per heavy atom. The zero-order valence-corrected chi connectivity index (χ0v) is 14.2. The summed E-state index contributed by atoms with van der Waals surface area (Å²) in [6.07, 6.45) is 3.11. The quantitative estimate of drug-likeness (QED) is 0.578. The van der Waals surface area contributed by atoms with Crippen LogP contribution in [0.2, 0.25) is 0 Å². The summed E-state index contributed by atoms with van der Waals surface area (Å²) in [5.41, 5.74) is 4.34. The van der Waals surface area contributed by atoms with Gasteiger partial charge in [0.05, 0.1) is 12.2 Å². The Bertz CT molecular complexity index is 1030. The molecule has 132 valence electrons. The van der Waals surface area contributed by atoms with Crippen molar-refractivity contribution in [3.63, 3.8) is 0 Å². The molecule has 4 rings (SSSR count). The molecule has 0 spiro atoms. The molecule has 0 amide bonds. The van der Waals surface area contributed by atoms with Crippen molar-refractivity contribution in [2.24, 2.45) is 0 Å². The lowest BCUT2D eigenvalue weighted by molar-refractivity contribution is 0.0473. The van der Waals surface area contributed by atoms with Gasteiger partial charge < -0.3 is 14.3 Å². The molecule has 26 heavy (non-hydrogen) atoms. The summed E-state index contributed by atoms with van der Waals surface area (Å²) in [4.78, 5) is 24.1. The number of hydrogen-bond donors (Lipinski definition) is 1. The highest BCUT2D eigenvalue weighted by Gasteiger charge is 2.16.